The van der Waals surface area contributed by atoms with Gasteiger partial charge in [0, 0.05) is 19.1 Å². The fourth-order valence-corrected chi connectivity index (χ4v) is 1.96. The second-order valence-corrected chi connectivity index (χ2v) is 5.62. The molecule has 0 aromatic heterocycles. The number of hydrogen-bond donors (Lipinski definition) is 1. The van der Waals surface area contributed by atoms with Crippen LogP contribution in [0, 0.1) is 5.92 Å². The van der Waals surface area contributed by atoms with Crippen LogP contribution in [0.15, 0.2) is 0 Å². The average molecular weight is 246 g/mol. The van der Waals surface area contributed by atoms with Gasteiger partial charge in [-0.05, 0) is 39.5 Å². The molecule has 1 fully saturated rings. The summed E-state index contributed by atoms with van der Waals surface area (Å²) < 4.78 is 17.7. The van der Waals surface area contributed by atoms with Crippen molar-refractivity contribution in [1.82, 2.24) is 4.90 Å². The lowest BCUT2D eigenvalue weighted by Gasteiger charge is -2.34. The van der Waals surface area contributed by atoms with Crippen LogP contribution < -0.4 is 5.73 Å². The highest BCUT2D eigenvalue weighted by Crippen LogP contribution is 2.21. The molecular weight excluding hydrogens is 223 g/mol. The Kier molecular flexibility index (Phi) is 4.74. The molecule has 0 unspecified atom stereocenters. The van der Waals surface area contributed by atoms with E-state index < -0.39 is 18.3 Å². The second kappa shape index (κ2) is 5.67. The lowest BCUT2D eigenvalue weighted by Crippen LogP contribution is -2.45. The number of alkyl halides is 1. The number of carbonyl (C=O) groups is 1. The summed E-state index contributed by atoms with van der Waals surface area (Å²) in [5, 5.41) is 0. The molecule has 0 aromatic rings. The van der Waals surface area contributed by atoms with Crippen molar-refractivity contribution in [2.24, 2.45) is 11.7 Å². The maximum Gasteiger partial charge on any atom is 0.410 e. The number of likely N-dealkylation sites (tertiary alicyclic amines) is 1. The van der Waals surface area contributed by atoms with E-state index in [1.165, 1.54) is 0 Å². The van der Waals surface area contributed by atoms with E-state index in [9.17, 15) is 9.18 Å². The van der Waals surface area contributed by atoms with Gasteiger partial charge in [0.25, 0.3) is 0 Å². The summed E-state index contributed by atoms with van der Waals surface area (Å²) in [6, 6.07) is -0.393. The Morgan fingerprint density at radius 2 is 2.00 bits per heavy atom. The number of carbonyl (C=O) groups excluding carboxylic acids is 1. The molecule has 17 heavy (non-hydrogen) atoms. The zero-order valence-corrected chi connectivity index (χ0v) is 10.9. The van der Waals surface area contributed by atoms with Gasteiger partial charge in [-0.3, -0.25) is 0 Å². The molecule has 1 atom stereocenters. The minimum atomic E-state index is -0.489. The van der Waals surface area contributed by atoms with Gasteiger partial charge in [-0.2, -0.15) is 0 Å². The molecule has 100 valence electrons. The van der Waals surface area contributed by atoms with E-state index in [1.807, 2.05) is 20.8 Å². The molecule has 0 aliphatic carbocycles. The number of nitrogens with zero attached hydrogens (tertiary/aromatic N) is 1. The van der Waals surface area contributed by atoms with Crippen LogP contribution in [0.3, 0.4) is 0 Å². The maximum atomic E-state index is 12.4. The third-order valence-electron chi connectivity index (χ3n) is 2.97. The first kappa shape index (κ1) is 14.2. The third-order valence-corrected chi connectivity index (χ3v) is 2.97. The molecule has 0 saturated carbocycles. The van der Waals surface area contributed by atoms with Crippen molar-refractivity contribution in [3.05, 3.63) is 0 Å². The summed E-state index contributed by atoms with van der Waals surface area (Å²) in [5.74, 6) is 0.179. The first-order chi connectivity index (χ1) is 7.83. The average Bonchev–Trinajstić information content (AvgIpc) is 2.26. The smallest absolute Gasteiger partial charge is 0.410 e. The Balaban J connectivity index is 2.39. The van der Waals surface area contributed by atoms with Crippen LogP contribution in [-0.4, -0.2) is 42.4 Å². The molecule has 1 amide bonds. The molecule has 1 heterocycles. The van der Waals surface area contributed by atoms with Crippen LogP contribution in [0.4, 0.5) is 9.18 Å². The van der Waals surface area contributed by atoms with Gasteiger partial charge in [-0.15, -0.1) is 0 Å². The minimum absolute atomic E-state index is 0.179. The SMILES string of the molecule is CC(C)(C)OC(=O)N1CCC([C@@H](N)CF)CC1. The van der Waals surface area contributed by atoms with Gasteiger partial charge in [0.15, 0.2) is 0 Å². The zero-order valence-electron chi connectivity index (χ0n) is 10.9. The quantitative estimate of drug-likeness (QED) is 0.810. The van der Waals surface area contributed by atoms with E-state index in [0.717, 1.165) is 12.8 Å². The van der Waals surface area contributed by atoms with Crippen molar-refractivity contribution in [3.8, 4) is 0 Å². The molecule has 1 aliphatic rings. The molecule has 1 aliphatic heterocycles. The number of ether oxygens (including phenoxy) is 1. The Morgan fingerprint density at radius 1 is 1.47 bits per heavy atom. The summed E-state index contributed by atoms with van der Waals surface area (Å²) in [5.41, 5.74) is 5.19. The first-order valence-electron chi connectivity index (χ1n) is 6.13. The topological polar surface area (TPSA) is 55.6 Å². The second-order valence-electron chi connectivity index (χ2n) is 5.62. The number of rotatable bonds is 2. The summed E-state index contributed by atoms with van der Waals surface area (Å²) in [6.07, 6.45) is 1.22. The Bertz CT molecular complexity index is 258. The molecule has 1 rings (SSSR count). The molecule has 5 heteroatoms. The third kappa shape index (κ3) is 4.50. The van der Waals surface area contributed by atoms with Crippen molar-refractivity contribution in [2.45, 2.75) is 45.3 Å². The number of nitrogens with two attached hydrogens (primary N) is 1. The molecule has 0 radical (unpaired) electrons. The largest absolute Gasteiger partial charge is 0.444 e. The highest BCUT2D eigenvalue weighted by atomic mass is 19.1. The van der Waals surface area contributed by atoms with Crippen molar-refractivity contribution < 1.29 is 13.9 Å². The zero-order chi connectivity index (χ0) is 13.1. The van der Waals surface area contributed by atoms with E-state index in [-0.39, 0.29) is 12.0 Å². The molecule has 0 spiro atoms. The Labute approximate surface area is 102 Å². The van der Waals surface area contributed by atoms with Crippen molar-refractivity contribution >= 4 is 6.09 Å². The van der Waals surface area contributed by atoms with Crippen LogP contribution in [0.2, 0.25) is 0 Å². The Hall–Kier alpha value is -0.840. The molecule has 0 bridgehead atoms. The Morgan fingerprint density at radius 3 is 2.41 bits per heavy atom. The van der Waals surface area contributed by atoms with E-state index >= 15 is 0 Å². The molecular formula is C12H23FN2O2. The predicted octanol–water partition coefficient (Wildman–Crippen LogP) is 1.93. The lowest BCUT2D eigenvalue weighted by atomic mass is 9.91. The normalized spacial score (nSPS) is 20.2. The fraction of sp³-hybridized carbons (Fsp3) is 0.917. The number of piperidine rings is 1. The molecule has 2 N–H and O–H groups in total. The summed E-state index contributed by atoms with van der Waals surface area (Å²) in [7, 11) is 0. The summed E-state index contributed by atoms with van der Waals surface area (Å²) >= 11 is 0. The van der Waals surface area contributed by atoms with Crippen molar-refractivity contribution in [1.29, 1.82) is 0 Å². The summed E-state index contributed by atoms with van der Waals surface area (Å²) in [4.78, 5) is 13.4. The van der Waals surface area contributed by atoms with E-state index in [0.29, 0.717) is 13.1 Å². The van der Waals surface area contributed by atoms with Crippen LogP contribution >= 0.6 is 0 Å². The van der Waals surface area contributed by atoms with Crippen LogP contribution in [0.5, 0.6) is 0 Å². The first-order valence-corrected chi connectivity index (χ1v) is 6.13. The van der Waals surface area contributed by atoms with Crippen molar-refractivity contribution in [3.63, 3.8) is 0 Å². The fourth-order valence-electron chi connectivity index (χ4n) is 1.96. The monoisotopic (exact) mass is 246 g/mol. The predicted molar refractivity (Wildman–Crippen MR) is 64.5 cm³/mol. The van der Waals surface area contributed by atoms with Gasteiger partial charge in [-0.1, -0.05) is 0 Å². The number of amides is 1. The van der Waals surface area contributed by atoms with Gasteiger partial charge in [0.05, 0.1) is 0 Å². The molecule has 1 saturated heterocycles. The van der Waals surface area contributed by atoms with Crippen molar-refractivity contribution in [2.75, 3.05) is 19.8 Å². The van der Waals surface area contributed by atoms with Gasteiger partial charge in [0.1, 0.15) is 12.3 Å². The standard InChI is InChI=1S/C12H23FN2O2/c1-12(2,3)17-11(16)15-6-4-9(5-7-15)10(14)8-13/h9-10H,4-8,14H2,1-3H3/t10-/m0/s1. The van der Waals surface area contributed by atoms with E-state index in [4.69, 9.17) is 10.5 Å². The minimum Gasteiger partial charge on any atom is -0.444 e. The van der Waals surface area contributed by atoms with Gasteiger partial charge >= 0.3 is 6.09 Å². The lowest BCUT2D eigenvalue weighted by molar-refractivity contribution is 0.0171. The van der Waals surface area contributed by atoms with Crippen LogP contribution in [0.25, 0.3) is 0 Å². The molecule has 0 aromatic carbocycles. The highest BCUT2D eigenvalue weighted by molar-refractivity contribution is 5.68. The molecule has 4 nitrogen and oxygen atoms in total. The van der Waals surface area contributed by atoms with Crippen LogP contribution in [-0.2, 0) is 4.74 Å². The highest BCUT2D eigenvalue weighted by Gasteiger charge is 2.29. The maximum absolute atomic E-state index is 12.4. The number of hydrogen-bond acceptors (Lipinski definition) is 3. The van der Waals surface area contributed by atoms with Gasteiger partial charge in [-0.25, -0.2) is 9.18 Å². The summed E-state index contributed by atoms with van der Waals surface area (Å²) in [6.45, 7) is 6.25. The van der Waals surface area contributed by atoms with Gasteiger partial charge in [0.2, 0.25) is 0 Å². The van der Waals surface area contributed by atoms with Crippen LogP contribution in [0.1, 0.15) is 33.6 Å². The van der Waals surface area contributed by atoms with Gasteiger partial charge < -0.3 is 15.4 Å². The van der Waals surface area contributed by atoms with E-state index in [2.05, 4.69) is 0 Å². The van der Waals surface area contributed by atoms with E-state index in [1.54, 1.807) is 4.90 Å². The number of halogens is 1.